The van der Waals surface area contributed by atoms with Gasteiger partial charge in [-0.2, -0.15) is 0 Å². The summed E-state index contributed by atoms with van der Waals surface area (Å²) in [6.45, 7) is 15.4. The molecule has 0 unspecified atom stereocenters. The van der Waals surface area contributed by atoms with E-state index in [1.165, 1.54) is 83.5 Å². The lowest BCUT2D eigenvalue weighted by Crippen LogP contribution is -2.16. The van der Waals surface area contributed by atoms with Crippen LogP contribution in [0.3, 0.4) is 0 Å². The van der Waals surface area contributed by atoms with E-state index < -0.39 is 0 Å². The average Bonchev–Trinajstić information content (AvgIpc) is 3.30. The summed E-state index contributed by atoms with van der Waals surface area (Å²) >= 11 is 0. The summed E-state index contributed by atoms with van der Waals surface area (Å²) < 4.78 is 70.8. The lowest BCUT2D eigenvalue weighted by Gasteiger charge is -2.09. The van der Waals surface area contributed by atoms with Crippen LogP contribution in [0.15, 0.2) is 0 Å². The zero-order valence-corrected chi connectivity index (χ0v) is 40.9. The molecule has 0 aromatic heterocycles. The predicted molar refractivity (Wildman–Crippen MR) is 249 cm³/mol. The monoisotopic (exact) mass is 925 g/mol. The van der Waals surface area contributed by atoms with Crippen LogP contribution in [0.25, 0.3) is 0 Å². The molecule has 0 aliphatic heterocycles. The molecule has 0 rings (SSSR count). The molecule has 0 atom stereocenters. The predicted octanol–water partition coefficient (Wildman–Crippen LogP) is 8.49. The number of hydrogen-bond donors (Lipinski definition) is 0. The van der Waals surface area contributed by atoms with Crippen LogP contribution in [-0.4, -0.2) is 171 Å². The molecule has 0 amide bonds. The molecule has 0 saturated heterocycles. The van der Waals surface area contributed by atoms with Gasteiger partial charge < -0.3 is 61.6 Å². The average molecular weight is 925 g/mol. The molecule has 15 heteroatoms. The molecule has 0 aliphatic rings. The third kappa shape index (κ3) is 56.6. The molecular weight excluding hydrogens is 829 g/mol. The van der Waals surface area contributed by atoms with Crippen LogP contribution in [0.4, 0.5) is 0 Å². The highest BCUT2D eigenvalue weighted by atomic mass is 16.6. The second-order valence-electron chi connectivity index (χ2n) is 15.7. The lowest BCUT2D eigenvalue weighted by atomic mass is 10.0. The largest absolute Gasteiger partial charge is 0.463 e. The number of esters is 2. The minimum absolute atomic E-state index is 0.134. The van der Waals surface area contributed by atoms with Crippen LogP contribution < -0.4 is 0 Å². The third-order valence-electron chi connectivity index (χ3n) is 9.92. The first kappa shape index (κ1) is 62.5. The highest BCUT2D eigenvalue weighted by Crippen LogP contribution is 2.14. The van der Waals surface area contributed by atoms with Gasteiger partial charge in [-0.25, -0.2) is 0 Å². The van der Waals surface area contributed by atoms with Gasteiger partial charge in [0.1, 0.15) is 13.2 Å². The van der Waals surface area contributed by atoms with Crippen molar-refractivity contribution in [1.29, 1.82) is 0 Å². The van der Waals surface area contributed by atoms with E-state index in [2.05, 4.69) is 13.8 Å². The Morgan fingerprint density at radius 2 is 0.375 bits per heavy atom. The molecular formula is C49H96O15. The van der Waals surface area contributed by atoms with Crippen molar-refractivity contribution in [3.05, 3.63) is 0 Å². The molecule has 0 spiro atoms. The van der Waals surface area contributed by atoms with Gasteiger partial charge in [-0.15, -0.1) is 0 Å². The number of unbranched alkanes of at least 4 members (excludes halogenated alkanes) is 17. The van der Waals surface area contributed by atoms with Crippen molar-refractivity contribution in [2.75, 3.05) is 159 Å². The molecule has 382 valence electrons. The normalized spacial score (nSPS) is 11.5. The molecule has 0 aromatic rings. The van der Waals surface area contributed by atoms with Crippen molar-refractivity contribution in [2.45, 2.75) is 149 Å². The number of carbonyl (C=O) groups excluding carboxylic acids is 2. The fourth-order valence-corrected chi connectivity index (χ4v) is 6.21. The molecule has 15 nitrogen and oxygen atoms in total. The number of carbonyl (C=O) groups is 2. The second kappa shape index (κ2) is 57.6. The molecule has 0 aliphatic carbocycles. The fraction of sp³-hybridized carbons (Fsp3) is 0.959. The Morgan fingerprint density at radius 3 is 0.578 bits per heavy atom. The molecule has 0 aromatic carbocycles. The van der Waals surface area contributed by atoms with Crippen molar-refractivity contribution in [2.24, 2.45) is 0 Å². The molecule has 0 N–H and O–H groups in total. The van der Waals surface area contributed by atoms with Gasteiger partial charge in [-0.05, 0) is 12.8 Å². The first-order chi connectivity index (χ1) is 31.7. The maximum Gasteiger partial charge on any atom is 0.305 e. The van der Waals surface area contributed by atoms with Crippen molar-refractivity contribution in [3.8, 4) is 0 Å². The SMILES string of the molecule is CCCCCCCCCCCCCCCCCC(=O)OCCOCCOCCOCCOCCOCCOCCOCCOCCOCCOCCOCCOC(=O)CCCCCC. The summed E-state index contributed by atoms with van der Waals surface area (Å²) in [5, 5.41) is 0. The van der Waals surface area contributed by atoms with Crippen molar-refractivity contribution in [1.82, 2.24) is 0 Å². The van der Waals surface area contributed by atoms with Gasteiger partial charge in [0, 0.05) is 12.8 Å². The summed E-state index contributed by atoms with van der Waals surface area (Å²) in [4.78, 5) is 23.5. The summed E-state index contributed by atoms with van der Waals surface area (Å²) in [7, 11) is 0. The van der Waals surface area contributed by atoms with Crippen LogP contribution in [0.2, 0.25) is 0 Å². The third-order valence-corrected chi connectivity index (χ3v) is 9.92. The maximum absolute atomic E-state index is 11.9. The Morgan fingerprint density at radius 1 is 0.219 bits per heavy atom. The number of rotatable bonds is 57. The van der Waals surface area contributed by atoms with E-state index in [1.54, 1.807) is 0 Å². The second-order valence-corrected chi connectivity index (χ2v) is 15.7. The van der Waals surface area contributed by atoms with Gasteiger partial charge in [0.2, 0.25) is 0 Å². The highest BCUT2D eigenvalue weighted by molar-refractivity contribution is 5.69. The first-order valence-corrected chi connectivity index (χ1v) is 25.4. The van der Waals surface area contributed by atoms with Gasteiger partial charge >= 0.3 is 11.9 Å². The molecule has 0 saturated carbocycles. The Kier molecular flexibility index (Phi) is 56.3. The van der Waals surface area contributed by atoms with E-state index >= 15 is 0 Å². The Hall–Kier alpha value is -1.50. The van der Waals surface area contributed by atoms with Gasteiger partial charge in [-0.1, -0.05) is 123 Å². The standard InChI is InChI=1S/C49H96O15/c1-3-5-7-9-10-11-12-13-14-15-16-17-18-19-21-23-49(51)64-47-45-62-43-41-60-39-37-58-35-33-56-31-29-54-27-25-52-24-26-53-28-30-55-32-34-57-36-38-59-40-42-61-44-46-63-48(50)22-20-8-6-4-2/h3-47H2,1-2H3. The highest BCUT2D eigenvalue weighted by Gasteiger charge is 2.04. The van der Waals surface area contributed by atoms with Gasteiger partial charge in [0.25, 0.3) is 0 Å². The lowest BCUT2D eigenvalue weighted by molar-refractivity contribution is -0.146. The van der Waals surface area contributed by atoms with E-state index in [1.807, 2.05) is 0 Å². The molecule has 0 bridgehead atoms. The van der Waals surface area contributed by atoms with Crippen LogP contribution in [-0.2, 0) is 71.2 Å². The van der Waals surface area contributed by atoms with Crippen LogP contribution in [0.5, 0.6) is 0 Å². The van der Waals surface area contributed by atoms with Crippen molar-refractivity contribution in [3.63, 3.8) is 0 Å². The summed E-state index contributed by atoms with van der Waals surface area (Å²) in [5.41, 5.74) is 0. The van der Waals surface area contributed by atoms with E-state index in [4.69, 9.17) is 61.6 Å². The van der Waals surface area contributed by atoms with E-state index in [0.717, 1.165) is 38.5 Å². The van der Waals surface area contributed by atoms with Crippen molar-refractivity contribution >= 4 is 11.9 Å². The first-order valence-electron chi connectivity index (χ1n) is 25.4. The summed E-state index contributed by atoms with van der Waals surface area (Å²) in [5.74, 6) is -0.288. The molecule has 0 heterocycles. The van der Waals surface area contributed by atoms with Gasteiger partial charge in [0.15, 0.2) is 0 Å². The smallest absolute Gasteiger partial charge is 0.305 e. The minimum Gasteiger partial charge on any atom is -0.463 e. The quantitative estimate of drug-likeness (QED) is 0.0423. The summed E-state index contributed by atoms with van der Waals surface area (Å²) in [6, 6.07) is 0. The molecule has 64 heavy (non-hydrogen) atoms. The topological polar surface area (TPSA) is 154 Å². The van der Waals surface area contributed by atoms with Crippen LogP contribution >= 0.6 is 0 Å². The molecule has 0 radical (unpaired) electrons. The van der Waals surface area contributed by atoms with E-state index in [0.29, 0.717) is 158 Å². The fourth-order valence-electron chi connectivity index (χ4n) is 6.21. The maximum atomic E-state index is 11.9. The summed E-state index contributed by atoms with van der Waals surface area (Å²) in [6.07, 6.45) is 24.9. The van der Waals surface area contributed by atoms with Crippen LogP contribution in [0, 0.1) is 0 Å². The zero-order valence-electron chi connectivity index (χ0n) is 40.9. The minimum atomic E-state index is -0.155. The Balaban J connectivity index is 3.14. The van der Waals surface area contributed by atoms with Gasteiger partial charge in [0.05, 0.1) is 145 Å². The Bertz CT molecular complexity index is 900. The van der Waals surface area contributed by atoms with Gasteiger partial charge in [-0.3, -0.25) is 9.59 Å². The number of ether oxygens (including phenoxy) is 13. The van der Waals surface area contributed by atoms with E-state index in [-0.39, 0.29) is 25.2 Å². The van der Waals surface area contributed by atoms with Crippen LogP contribution in [0.1, 0.15) is 149 Å². The number of hydrogen-bond acceptors (Lipinski definition) is 15. The Labute approximate surface area is 389 Å². The zero-order chi connectivity index (χ0) is 46.2. The van der Waals surface area contributed by atoms with E-state index in [9.17, 15) is 9.59 Å². The molecule has 0 fully saturated rings. The van der Waals surface area contributed by atoms with Crippen molar-refractivity contribution < 1.29 is 71.2 Å².